The van der Waals surface area contributed by atoms with Crippen molar-refractivity contribution < 1.29 is 23.9 Å². The number of nitrogens with zero attached hydrogens (tertiary/aromatic N) is 2. The lowest BCUT2D eigenvalue weighted by atomic mass is 10.3. The molecule has 8 nitrogen and oxygen atoms in total. The number of methoxy groups -OCH3 is 1. The number of morpholine rings is 1. The SMILES string of the molecule is CN1CCOCC1.COc1cc([N+](=O)[O-])ccc1OCC=O. The van der Waals surface area contributed by atoms with Crippen LogP contribution in [0.1, 0.15) is 0 Å². The second-order valence-electron chi connectivity index (χ2n) is 4.49. The Morgan fingerprint density at radius 2 is 2.05 bits per heavy atom. The van der Waals surface area contributed by atoms with Gasteiger partial charge in [-0.25, -0.2) is 0 Å². The summed E-state index contributed by atoms with van der Waals surface area (Å²) in [6.07, 6.45) is 0.584. The monoisotopic (exact) mass is 312 g/mol. The molecule has 0 spiro atoms. The molecular formula is C14H20N2O6. The Balaban J connectivity index is 0.000000287. The first-order valence-electron chi connectivity index (χ1n) is 6.73. The molecule has 1 aromatic rings. The van der Waals surface area contributed by atoms with Crippen molar-refractivity contribution in [3.05, 3.63) is 28.3 Å². The lowest BCUT2D eigenvalue weighted by Gasteiger charge is -2.21. The molecule has 8 heteroatoms. The number of likely N-dealkylation sites (N-methyl/N-ethyl adjacent to an activating group) is 1. The van der Waals surface area contributed by atoms with E-state index in [1.807, 2.05) is 0 Å². The van der Waals surface area contributed by atoms with Crippen molar-refractivity contribution in [1.29, 1.82) is 0 Å². The fourth-order valence-corrected chi connectivity index (χ4v) is 1.67. The third-order valence-corrected chi connectivity index (χ3v) is 2.90. The minimum absolute atomic E-state index is 0.0923. The number of nitro groups is 1. The normalized spacial score (nSPS) is 14.5. The van der Waals surface area contributed by atoms with Gasteiger partial charge in [-0.15, -0.1) is 0 Å². The van der Waals surface area contributed by atoms with E-state index in [1.54, 1.807) is 0 Å². The van der Waals surface area contributed by atoms with Crippen molar-refractivity contribution in [2.24, 2.45) is 0 Å². The molecule has 0 radical (unpaired) electrons. The van der Waals surface area contributed by atoms with E-state index in [0.717, 1.165) is 26.3 Å². The molecule has 1 saturated heterocycles. The van der Waals surface area contributed by atoms with Crippen molar-refractivity contribution >= 4 is 12.0 Å². The fraction of sp³-hybridized carbons (Fsp3) is 0.500. The summed E-state index contributed by atoms with van der Waals surface area (Å²) in [4.78, 5) is 22.3. The second-order valence-corrected chi connectivity index (χ2v) is 4.49. The highest BCUT2D eigenvalue weighted by Gasteiger charge is 2.11. The summed E-state index contributed by atoms with van der Waals surface area (Å²) in [6, 6.07) is 3.91. The number of hydrogen-bond donors (Lipinski definition) is 0. The van der Waals surface area contributed by atoms with Crippen LogP contribution in [-0.2, 0) is 9.53 Å². The van der Waals surface area contributed by atoms with Gasteiger partial charge in [0.25, 0.3) is 5.69 Å². The average molecular weight is 312 g/mol. The minimum atomic E-state index is -0.536. The molecule has 0 amide bonds. The first-order chi connectivity index (χ1) is 10.6. The Morgan fingerprint density at radius 3 is 2.50 bits per heavy atom. The lowest BCUT2D eigenvalue weighted by Crippen LogP contribution is -2.32. The van der Waals surface area contributed by atoms with Crippen LogP contribution in [0.3, 0.4) is 0 Å². The van der Waals surface area contributed by atoms with Crippen LogP contribution in [0.25, 0.3) is 0 Å². The molecule has 0 bridgehead atoms. The molecule has 1 heterocycles. The Morgan fingerprint density at radius 1 is 1.36 bits per heavy atom. The Labute approximate surface area is 128 Å². The first-order valence-corrected chi connectivity index (χ1v) is 6.73. The lowest BCUT2D eigenvalue weighted by molar-refractivity contribution is -0.384. The molecule has 122 valence electrons. The van der Waals surface area contributed by atoms with E-state index in [0.29, 0.717) is 12.0 Å². The number of carbonyl (C=O) groups is 1. The fourth-order valence-electron chi connectivity index (χ4n) is 1.67. The molecule has 0 saturated carbocycles. The molecule has 0 N–H and O–H groups in total. The Kier molecular flexibility index (Phi) is 7.87. The van der Waals surface area contributed by atoms with Crippen LogP contribution < -0.4 is 9.47 Å². The number of non-ortho nitro benzene ring substituents is 1. The van der Waals surface area contributed by atoms with E-state index in [-0.39, 0.29) is 18.0 Å². The summed E-state index contributed by atoms with van der Waals surface area (Å²) in [7, 11) is 3.48. The van der Waals surface area contributed by atoms with E-state index in [1.165, 1.54) is 25.3 Å². The molecule has 1 aliphatic heterocycles. The molecule has 1 fully saturated rings. The number of hydrogen-bond acceptors (Lipinski definition) is 7. The highest BCUT2D eigenvalue weighted by molar-refractivity contribution is 5.53. The van der Waals surface area contributed by atoms with Crippen LogP contribution in [0.15, 0.2) is 18.2 Å². The maximum Gasteiger partial charge on any atom is 0.273 e. The summed E-state index contributed by atoms with van der Waals surface area (Å²) < 4.78 is 15.0. The zero-order valence-corrected chi connectivity index (χ0v) is 12.7. The van der Waals surface area contributed by atoms with Crippen molar-refractivity contribution in [2.75, 3.05) is 47.1 Å². The summed E-state index contributed by atoms with van der Waals surface area (Å²) in [5.41, 5.74) is -0.0923. The summed E-state index contributed by atoms with van der Waals surface area (Å²) in [5.74, 6) is 0.529. The number of rotatable bonds is 5. The van der Waals surface area contributed by atoms with Gasteiger partial charge in [-0.2, -0.15) is 0 Å². The predicted octanol–water partition coefficient (Wildman–Crippen LogP) is 1.13. The number of carbonyl (C=O) groups excluding carboxylic acids is 1. The Bertz CT molecular complexity index is 488. The van der Waals surface area contributed by atoms with Crippen LogP contribution in [0.5, 0.6) is 11.5 Å². The van der Waals surface area contributed by atoms with E-state index in [9.17, 15) is 14.9 Å². The molecule has 22 heavy (non-hydrogen) atoms. The average Bonchev–Trinajstić information content (AvgIpc) is 2.54. The summed E-state index contributed by atoms with van der Waals surface area (Å²) in [5, 5.41) is 10.4. The second kappa shape index (κ2) is 9.69. The molecule has 0 aliphatic carbocycles. The number of aldehydes is 1. The van der Waals surface area contributed by atoms with Crippen molar-refractivity contribution in [1.82, 2.24) is 4.90 Å². The molecular weight excluding hydrogens is 292 g/mol. The standard InChI is InChI=1S/C9H9NO5.C5H11NO/c1-14-9-6-7(10(12)13)2-3-8(9)15-5-4-11;1-6-2-4-7-5-3-6/h2-4,6H,5H2,1H3;2-5H2,1H3. The zero-order valence-electron chi connectivity index (χ0n) is 12.7. The molecule has 2 rings (SSSR count). The van der Waals surface area contributed by atoms with Crippen LogP contribution in [0, 0.1) is 10.1 Å². The van der Waals surface area contributed by atoms with Crippen molar-refractivity contribution in [3.8, 4) is 11.5 Å². The van der Waals surface area contributed by atoms with Gasteiger partial charge in [0.05, 0.1) is 31.3 Å². The Hall–Kier alpha value is -2.19. The zero-order chi connectivity index (χ0) is 16.4. The van der Waals surface area contributed by atoms with Crippen LogP contribution in [0.2, 0.25) is 0 Å². The summed E-state index contributed by atoms with van der Waals surface area (Å²) >= 11 is 0. The molecule has 0 unspecified atom stereocenters. The minimum Gasteiger partial charge on any atom is -0.493 e. The smallest absolute Gasteiger partial charge is 0.273 e. The van der Waals surface area contributed by atoms with Gasteiger partial charge in [0.2, 0.25) is 0 Å². The van der Waals surface area contributed by atoms with Gasteiger partial charge in [0.15, 0.2) is 17.8 Å². The van der Waals surface area contributed by atoms with Gasteiger partial charge in [0.1, 0.15) is 6.61 Å². The van der Waals surface area contributed by atoms with Gasteiger partial charge in [-0.05, 0) is 13.1 Å². The maximum atomic E-state index is 10.4. The molecule has 0 aromatic heterocycles. The topological polar surface area (TPSA) is 91.1 Å². The number of benzene rings is 1. The van der Waals surface area contributed by atoms with Crippen LogP contribution in [-0.4, -0.2) is 63.2 Å². The quantitative estimate of drug-likeness (QED) is 0.457. The third-order valence-electron chi connectivity index (χ3n) is 2.90. The van der Waals surface area contributed by atoms with Crippen molar-refractivity contribution in [3.63, 3.8) is 0 Å². The number of nitro benzene ring substituents is 1. The van der Waals surface area contributed by atoms with E-state index >= 15 is 0 Å². The van der Waals surface area contributed by atoms with E-state index < -0.39 is 4.92 Å². The van der Waals surface area contributed by atoms with E-state index in [4.69, 9.17) is 14.2 Å². The van der Waals surface area contributed by atoms with Gasteiger partial charge in [-0.1, -0.05) is 0 Å². The highest BCUT2D eigenvalue weighted by Crippen LogP contribution is 2.30. The summed E-state index contributed by atoms with van der Waals surface area (Å²) in [6.45, 7) is 3.90. The van der Waals surface area contributed by atoms with Crippen LogP contribution >= 0.6 is 0 Å². The van der Waals surface area contributed by atoms with Gasteiger partial charge < -0.3 is 19.1 Å². The van der Waals surface area contributed by atoms with E-state index in [2.05, 4.69) is 11.9 Å². The maximum absolute atomic E-state index is 10.4. The molecule has 1 aliphatic rings. The van der Waals surface area contributed by atoms with Gasteiger partial charge >= 0.3 is 0 Å². The van der Waals surface area contributed by atoms with Gasteiger partial charge in [0, 0.05) is 19.2 Å². The molecule has 0 atom stereocenters. The molecule has 1 aromatic carbocycles. The largest absolute Gasteiger partial charge is 0.493 e. The van der Waals surface area contributed by atoms with Gasteiger partial charge in [-0.3, -0.25) is 14.9 Å². The van der Waals surface area contributed by atoms with Crippen molar-refractivity contribution in [2.45, 2.75) is 0 Å². The first kappa shape index (κ1) is 17.9. The predicted molar refractivity (Wildman–Crippen MR) is 79.5 cm³/mol. The highest BCUT2D eigenvalue weighted by atomic mass is 16.6. The number of ether oxygens (including phenoxy) is 3. The van der Waals surface area contributed by atoms with Crippen LogP contribution in [0.4, 0.5) is 5.69 Å². The third kappa shape index (κ3) is 6.06.